The molecule has 0 spiro atoms. The average molecular weight is 527 g/mol. The molecule has 0 aromatic heterocycles. The summed E-state index contributed by atoms with van der Waals surface area (Å²) < 4.78 is 38.9. The summed E-state index contributed by atoms with van der Waals surface area (Å²) in [5, 5.41) is 3.73. The maximum atomic E-state index is 12.9. The third-order valence-corrected chi connectivity index (χ3v) is 7.16. The normalized spacial score (nSPS) is 17.4. The Balaban J connectivity index is 1.41. The number of carbonyl (C=O) groups excluding carboxylic acids is 1. The average Bonchev–Trinajstić information content (AvgIpc) is 3.21. The van der Waals surface area contributed by atoms with Crippen molar-refractivity contribution < 1.29 is 22.7 Å². The zero-order chi connectivity index (χ0) is 25.8. The quantitative estimate of drug-likeness (QED) is 0.286. The second-order valence-electron chi connectivity index (χ2n) is 8.75. The van der Waals surface area contributed by atoms with Crippen LogP contribution in [-0.2, 0) is 19.5 Å². The molecule has 1 atom stereocenters. The second kappa shape index (κ2) is 10.9. The molecule has 3 aromatic rings. The Morgan fingerprint density at radius 2 is 1.81 bits per heavy atom. The molecule has 2 N–H and O–H groups in total. The molecule has 1 heterocycles. The molecule has 4 rings (SSSR count). The highest BCUT2D eigenvalue weighted by atomic mass is 35.5. The number of hydrogen-bond donors (Lipinski definition) is 2. The van der Waals surface area contributed by atoms with Crippen LogP contribution in [0.1, 0.15) is 29.8 Å². The van der Waals surface area contributed by atoms with Gasteiger partial charge >= 0.3 is 0 Å². The predicted octanol–water partition coefficient (Wildman–Crippen LogP) is 5.41. The molecule has 0 aliphatic carbocycles. The van der Waals surface area contributed by atoms with Gasteiger partial charge in [-0.2, -0.15) is 0 Å². The van der Waals surface area contributed by atoms with Gasteiger partial charge in [0.1, 0.15) is 0 Å². The largest absolute Gasteiger partial charge is 0.355 e. The third-order valence-electron chi connectivity index (χ3n) is 5.49. The number of allylic oxidation sites excluding steroid dienone is 1. The molecule has 1 aliphatic heterocycles. The van der Waals surface area contributed by atoms with Gasteiger partial charge < -0.3 is 14.8 Å². The molecule has 1 unspecified atom stereocenters. The summed E-state index contributed by atoms with van der Waals surface area (Å²) in [5.41, 5.74) is 2.57. The van der Waals surface area contributed by atoms with Gasteiger partial charge in [0, 0.05) is 22.8 Å². The summed E-state index contributed by atoms with van der Waals surface area (Å²) in [4.78, 5) is 13.0. The second-order valence-corrected chi connectivity index (χ2v) is 11.0. The highest BCUT2D eigenvalue weighted by Crippen LogP contribution is 2.26. The molecule has 36 heavy (non-hydrogen) atoms. The molecule has 1 fully saturated rings. The van der Waals surface area contributed by atoms with Crippen LogP contribution in [0.4, 0.5) is 11.4 Å². The zero-order valence-corrected chi connectivity index (χ0v) is 21.5. The van der Waals surface area contributed by atoms with Gasteiger partial charge in [0.15, 0.2) is 11.6 Å². The van der Waals surface area contributed by atoms with E-state index in [1.165, 1.54) is 18.2 Å². The SMILES string of the molecule is CC1(C)OCC(CNS(=O)(=O)c2ccc(C=CC(=O)c3ccc(Cl)cc3Nc3ccccc3)cc2)O1. The van der Waals surface area contributed by atoms with Gasteiger partial charge in [-0.05, 0) is 68.0 Å². The number of ether oxygens (including phenoxy) is 2. The highest BCUT2D eigenvalue weighted by molar-refractivity contribution is 7.89. The molecule has 3 aromatic carbocycles. The summed E-state index contributed by atoms with van der Waals surface area (Å²) in [6, 6.07) is 20.8. The minimum Gasteiger partial charge on any atom is -0.355 e. The number of carbonyl (C=O) groups is 1. The number of para-hydroxylation sites is 1. The van der Waals surface area contributed by atoms with Crippen molar-refractivity contribution in [3.63, 3.8) is 0 Å². The van der Waals surface area contributed by atoms with E-state index >= 15 is 0 Å². The summed E-state index contributed by atoms with van der Waals surface area (Å²) in [7, 11) is -3.71. The molecule has 1 saturated heterocycles. The maximum Gasteiger partial charge on any atom is 0.240 e. The lowest BCUT2D eigenvalue weighted by Gasteiger charge is -2.17. The monoisotopic (exact) mass is 526 g/mol. The van der Waals surface area contributed by atoms with Crippen molar-refractivity contribution >= 4 is 44.9 Å². The Bertz CT molecular complexity index is 1360. The Morgan fingerprint density at radius 3 is 2.47 bits per heavy atom. The first-order valence-electron chi connectivity index (χ1n) is 11.4. The number of rotatable bonds is 9. The lowest BCUT2D eigenvalue weighted by Crippen LogP contribution is -2.34. The smallest absolute Gasteiger partial charge is 0.240 e. The molecule has 1 aliphatic rings. The Kier molecular flexibility index (Phi) is 7.92. The predicted molar refractivity (Wildman–Crippen MR) is 141 cm³/mol. The van der Waals surface area contributed by atoms with Gasteiger partial charge in [-0.15, -0.1) is 0 Å². The molecule has 188 valence electrons. The van der Waals surface area contributed by atoms with Crippen LogP contribution in [0, 0.1) is 0 Å². The van der Waals surface area contributed by atoms with Gasteiger partial charge in [0.2, 0.25) is 10.0 Å². The van der Waals surface area contributed by atoms with Crippen molar-refractivity contribution in [3.8, 4) is 0 Å². The molecule has 7 nitrogen and oxygen atoms in total. The van der Waals surface area contributed by atoms with Gasteiger partial charge in [0.25, 0.3) is 0 Å². The van der Waals surface area contributed by atoms with E-state index in [2.05, 4.69) is 10.0 Å². The third kappa shape index (κ3) is 6.81. The van der Waals surface area contributed by atoms with Crippen LogP contribution < -0.4 is 10.0 Å². The first-order valence-corrected chi connectivity index (χ1v) is 13.2. The van der Waals surface area contributed by atoms with Gasteiger partial charge in [-0.1, -0.05) is 48.0 Å². The van der Waals surface area contributed by atoms with Crippen molar-refractivity contribution in [2.24, 2.45) is 0 Å². The van der Waals surface area contributed by atoms with Crippen LogP contribution in [-0.4, -0.2) is 39.2 Å². The summed E-state index contributed by atoms with van der Waals surface area (Å²) in [6.07, 6.45) is 2.73. The molecule has 0 bridgehead atoms. The Labute approximate surface area is 216 Å². The van der Waals surface area contributed by atoms with Crippen LogP contribution in [0.3, 0.4) is 0 Å². The topological polar surface area (TPSA) is 93.7 Å². The number of ketones is 1. The van der Waals surface area contributed by atoms with Crippen LogP contribution in [0.2, 0.25) is 5.02 Å². The van der Waals surface area contributed by atoms with Crippen molar-refractivity contribution in [1.29, 1.82) is 0 Å². The number of benzene rings is 3. The fraction of sp³-hybridized carbons (Fsp3) is 0.222. The van der Waals surface area contributed by atoms with E-state index in [9.17, 15) is 13.2 Å². The minimum atomic E-state index is -3.71. The van der Waals surface area contributed by atoms with Crippen molar-refractivity contribution in [2.75, 3.05) is 18.5 Å². The lowest BCUT2D eigenvalue weighted by atomic mass is 10.1. The van der Waals surface area contributed by atoms with E-state index in [-0.39, 0.29) is 23.3 Å². The number of anilines is 2. The minimum absolute atomic E-state index is 0.113. The van der Waals surface area contributed by atoms with Crippen LogP contribution >= 0.6 is 11.6 Å². The van der Waals surface area contributed by atoms with Crippen molar-refractivity contribution in [2.45, 2.75) is 30.6 Å². The first-order chi connectivity index (χ1) is 17.1. The van der Waals surface area contributed by atoms with E-state index in [1.807, 2.05) is 30.3 Å². The first kappa shape index (κ1) is 26.1. The van der Waals surface area contributed by atoms with Crippen LogP contribution in [0.15, 0.2) is 83.8 Å². The Morgan fingerprint density at radius 1 is 1.08 bits per heavy atom. The Hall–Kier alpha value is -3.01. The number of nitrogens with one attached hydrogen (secondary N) is 2. The number of sulfonamides is 1. The fourth-order valence-electron chi connectivity index (χ4n) is 3.68. The maximum absolute atomic E-state index is 12.9. The van der Waals surface area contributed by atoms with Gasteiger partial charge in [0.05, 0.1) is 23.3 Å². The number of hydrogen-bond acceptors (Lipinski definition) is 6. The molecule has 0 radical (unpaired) electrons. The van der Waals surface area contributed by atoms with E-state index in [1.54, 1.807) is 50.3 Å². The highest BCUT2D eigenvalue weighted by Gasteiger charge is 2.33. The number of halogens is 1. The van der Waals surface area contributed by atoms with E-state index in [0.29, 0.717) is 28.4 Å². The van der Waals surface area contributed by atoms with E-state index in [4.69, 9.17) is 21.1 Å². The fourth-order valence-corrected chi connectivity index (χ4v) is 4.92. The van der Waals surface area contributed by atoms with Crippen molar-refractivity contribution in [3.05, 3.63) is 95.0 Å². The van der Waals surface area contributed by atoms with E-state index in [0.717, 1.165) is 5.69 Å². The van der Waals surface area contributed by atoms with E-state index < -0.39 is 15.8 Å². The van der Waals surface area contributed by atoms with Crippen LogP contribution in [0.5, 0.6) is 0 Å². The summed E-state index contributed by atoms with van der Waals surface area (Å²) in [6.45, 7) is 4.00. The van der Waals surface area contributed by atoms with Crippen LogP contribution in [0.25, 0.3) is 6.08 Å². The molecule has 0 amide bonds. The zero-order valence-electron chi connectivity index (χ0n) is 19.9. The lowest BCUT2D eigenvalue weighted by molar-refractivity contribution is -0.137. The van der Waals surface area contributed by atoms with Crippen molar-refractivity contribution in [1.82, 2.24) is 4.72 Å². The molecular formula is C27H27ClN2O5S. The summed E-state index contributed by atoms with van der Waals surface area (Å²) in [5.74, 6) is -0.934. The standard InChI is InChI=1S/C27H27ClN2O5S/c1-27(2)34-18-22(35-27)17-29-36(32,33)23-12-8-19(9-13-23)10-15-26(31)24-14-11-20(28)16-25(24)30-21-6-4-3-5-7-21/h3-16,22,29-30H,17-18H2,1-2H3. The molecule has 0 saturated carbocycles. The molecular weight excluding hydrogens is 500 g/mol. The molecule has 9 heteroatoms. The summed E-state index contributed by atoms with van der Waals surface area (Å²) >= 11 is 6.15. The van der Waals surface area contributed by atoms with Gasteiger partial charge in [-0.3, -0.25) is 4.79 Å². The van der Waals surface area contributed by atoms with Gasteiger partial charge in [-0.25, -0.2) is 13.1 Å².